The van der Waals surface area contributed by atoms with Crippen LogP contribution in [0.1, 0.15) is 29.6 Å². The molecular weight excluding hydrogens is 316 g/mol. The van der Waals surface area contributed by atoms with Crippen molar-refractivity contribution in [3.05, 3.63) is 60.2 Å². The number of nitrogens with zero attached hydrogens (tertiary/aromatic N) is 2. The minimum atomic E-state index is -0.451. The van der Waals surface area contributed by atoms with Crippen LogP contribution in [0.25, 0.3) is 0 Å². The summed E-state index contributed by atoms with van der Waals surface area (Å²) in [7, 11) is 0. The second-order valence-electron chi connectivity index (χ2n) is 6.62. The first-order valence-electron chi connectivity index (χ1n) is 8.56. The number of rotatable bonds is 3. The largest absolute Gasteiger partial charge is 0.486 e. The fourth-order valence-corrected chi connectivity index (χ4v) is 3.71. The summed E-state index contributed by atoms with van der Waals surface area (Å²) in [4.78, 5) is 24.1. The molecule has 2 aliphatic rings. The van der Waals surface area contributed by atoms with E-state index in [1.54, 1.807) is 5.01 Å². The molecule has 2 heterocycles. The predicted molar refractivity (Wildman–Crippen MR) is 94.5 cm³/mol. The maximum Gasteiger partial charge on any atom is 0.228 e. The number of anilines is 1. The lowest BCUT2D eigenvalue weighted by Crippen LogP contribution is -2.55. The standard InChI is InChI=1S/C20H20N2O3/c23-15-22(16-6-2-1-3-7-16)21-12-10-20(11-13-21)14-18(24)17-8-4-5-9-19(17)25-20/h1-9,15H,10-14H2. The second kappa shape index (κ2) is 6.33. The number of amides is 1. The van der Waals surface area contributed by atoms with Crippen LogP contribution < -0.4 is 9.75 Å². The number of ketones is 1. The molecule has 2 aromatic rings. The van der Waals surface area contributed by atoms with Crippen molar-refractivity contribution in [2.75, 3.05) is 18.1 Å². The molecule has 5 nitrogen and oxygen atoms in total. The Morgan fingerprint density at radius 3 is 2.40 bits per heavy atom. The van der Waals surface area contributed by atoms with E-state index in [1.807, 2.05) is 59.6 Å². The zero-order valence-corrected chi connectivity index (χ0v) is 13.9. The number of Topliss-reactive ketones (excluding diaryl/α,β-unsaturated/α-hetero) is 1. The molecule has 0 aliphatic carbocycles. The van der Waals surface area contributed by atoms with Crippen LogP contribution >= 0.6 is 0 Å². The molecule has 128 valence electrons. The molecule has 1 spiro atoms. The van der Waals surface area contributed by atoms with E-state index in [0.717, 1.165) is 12.1 Å². The topological polar surface area (TPSA) is 49.9 Å². The van der Waals surface area contributed by atoms with Gasteiger partial charge in [-0.2, -0.15) is 0 Å². The molecule has 2 aliphatic heterocycles. The summed E-state index contributed by atoms with van der Waals surface area (Å²) in [6.07, 6.45) is 2.67. The molecule has 0 radical (unpaired) electrons. The average molecular weight is 336 g/mol. The number of para-hydroxylation sites is 2. The highest BCUT2D eigenvalue weighted by Gasteiger charge is 2.43. The van der Waals surface area contributed by atoms with Crippen molar-refractivity contribution in [3.8, 4) is 5.75 Å². The Hall–Kier alpha value is -2.66. The predicted octanol–water partition coefficient (Wildman–Crippen LogP) is 3.06. The summed E-state index contributed by atoms with van der Waals surface area (Å²) < 4.78 is 6.24. The van der Waals surface area contributed by atoms with Crippen molar-refractivity contribution in [1.82, 2.24) is 5.01 Å². The maximum atomic E-state index is 12.5. The summed E-state index contributed by atoms with van der Waals surface area (Å²) in [6.45, 7) is 1.34. The second-order valence-corrected chi connectivity index (χ2v) is 6.62. The zero-order chi connectivity index (χ0) is 17.3. The Labute approximate surface area is 146 Å². The Kier molecular flexibility index (Phi) is 4.01. The van der Waals surface area contributed by atoms with Gasteiger partial charge in [0.25, 0.3) is 0 Å². The lowest BCUT2D eigenvalue weighted by Gasteiger charge is -2.45. The molecule has 4 rings (SSSR count). The highest BCUT2D eigenvalue weighted by atomic mass is 16.5. The van der Waals surface area contributed by atoms with Gasteiger partial charge in [0, 0.05) is 25.9 Å². The van der Waals surface area contributed by atoms with Gasteiger partial charge >= 0.3 is 0 Å². The Balaban J connectivity index is 1.50. The molecule has 25 heavy (non-hydrogen) atoms. The molecule has 0 saturated carbocycles. The summed E-state index contributed by atoms with van der Waals surface area (Å²) >= 11 is 0. The van der Waals surface area contributed by atoms with Gasteiger partial charge in [0.15, 0.2) is 5.78 Å². The lowest BCUT2D eigenvalue weighted by atomic mass is 9.83. The van der Waals surface area contributed by atoms with E-state index in [9.17, 15) is 9.59 Å². The lowest BCUT2D eigenvalue weighted by molar-refractivity contribution is -0.111. The minimum absolute atomic E-state index is 0.144. The molecule has 0 bridgehead atoms. The average Bonchev–Trinajstić information content (AvgIpc) is 2.65. The van der Waals surface area contributed by atoms with Crippen molar-refractivity contribution >= 4 is 17.9 Å². The van der Waals surface area contributed by atoms with E-state index in [1.165, 1.54) is 0 Å². The van der Waals surface area contributed by atoms with Gasteiger partial charge < -0.3 is 4.74 Å². The molecule has 1 fully saturated rings. The van der Waals surface area contributed by atoms with Crippen LogP contribution in [-0.2, 0) is 4.79 Å². The Morgan fingerprint density at radius 2 is 1.68 bits per heavy atom. The third-order valence-corrected chi connectivity index (χ3v) is 5.07. The number of carbonyl (C=O) groups is 2. The number of hydrogen-bond donors (Lipinski definition) is 0. The number of carbonyl (C=O) groups excluding carboxylic acids is 2. The van der Waals surface area contributed by atoms with Crippen LogP contribution in [0.2, 0.25) is 0 Å². The smallest absolute Gasteiger partial charge is 0.228 e. The molecule has 0 atom stereocenters. The number of hydrogen-bond acceptors (Lipinski definition) is 4. The third-order valence-electron chi connectivity index (χ3n) is 5.07. The van der Waals surface area contributed by atoms with Crippen LogP contribution in [-0.4, -0.2) is 35.9 Å². The third kappa shape index (κ3) is 2.91. The summed E-state index contributed by atoms with van der Waals surface area (Å²) in [5.41, 5.74) is 1.07. The fourth-order valence-electron chi connectivity index (χ4n) is 3.71. The molecule has 2 aromatic carbocycles. The monoisotopic (exact) mass is 336 g/mol. The number of piperidine rings is 1. The van der Waals surface area contributed by atoms with Crippen molar-refractivity contribution in [1.29, 1.82) is 0 Å². The Bertz CT molecular complexity index is 783. The molecule has 1 saturated heterocycles. The van der Waals surface area contributed by atoms with Crippen LogP contribution in [0.5, 0.6) is 5.75 Å². The number of benzene rings is 2. The molecule has 0 unspecified atom stereocenters. The van der Waals surface area contributed by atoms with Crippen LogP contribution in [0.4, 0.5) is 5.69 Å². The van der Waals surface area contributed by atoms with Gasteiger partial charge in [-0.1, -0.05) is 30.3 Å². The molecule has 0 aromatic heterocycles. The van der Waals surface area contributed by atoms with Gasteiger partial charge in [-0.25, -0.2) is 10.0 Å². The van der Waals surface area contributed by atoms with E-state index in [4.69, 9.17) is 4.74 Å². The number of hydrazine groups is 1. The number of ether oxygens (including phenoxy) is 1. The maximum absolute atomic E-state index is 12.5. The SMILES string of the molecule is O=CN(c1ccccc1)N1CCC2(CC1)CC(=O)c1ccccc1O2. The number of fused-ring (bicyclic) bond motifs is 1. The van der Waals surface area contributed by atoms with Gasteiger partial charge in [-0.15, -0.1) is 0 Å². The molecule has 0 N–H and O–H groups in total. The molecular formula is C20H20N2O3. The van der Waals surface area contributed by atoms with E-state index in [2.05, 4.69) is 0 Å². The van der Waals surface area contributed by atoms with Gasteiger partial charge in [-0.05, 0) is 24.3 Å². The summed E-state index contributed by atoms with van der Waals surface area (Å²) in [5.74, 6) is 0.827. The van der Waals surface area contributed by atoms with Gasteiger partial charge in [0.05, 0.1) is 17.7 Å². The normalized spacial score (nSPS) is 19.1. The zero-order valence-electron chi connectivity index (χ0n) is 13.9. The van der Waals surface area contributed by atoms with Gasteiger partial charge in [-0.3, -0.25) is 9.59 Å². The first-order chi connectivity index (χ1) is 12.2. The molecule has 5 heteroatoms. The fraction of sp³-hybridized carbons (Fsp3) is 0.300. The first kappa shape index (κ1) is 15.8. The molecule has 1 amide bonds. The van der Waals surface area contributed by atoms with Gasteiger partial charge in [0.2, 0.25) is 6.41 Å². The summed E-state index contributed by atoms with van der Waals surface area (Å²) in [6, 6.07) is 17.0. The highest BCUT2D eigenvalue weighted by molar-refractivity contribution is 6.00. The minimum Gasteiger partial charge on any atom is -0.486 e. The van der Waals surface area contributed by atoms with Crippen LogP contribution in [0, 0.1) is 0 Å². The van der Waals surface area contributed by atoms with E-state index >= 15 is 0 Å². The van der Waals surface area contributed by atoms with Crippen molar-refractivity contribution in [2.45, 2.75) is 24.9 Å². The van der Waals surface area contributed by atoms with Crippen molar-refractivity contribution in [3.63, 3.8) is 0 Å². The first-order valence-corrected chi connectivity index (χ1v) is 8.56. The quantitative estimate of drug-likeness (QED) is 0.809. The van der Waals surface area contributed by atoms with E-state index in [0.29, 0.717) is 43.7 Å². The van der Waals surface area contributed by atoms with Crippen molar-refractivity contribution in [2.24, 2.45) is 0 Å². The van der Waals surface area contributed by atoms with E-state index < -0.39 is 5.60 Å². The van der Waals surface area contributed by atoms with Gasteiger partial charge in [0.1, 0.15) is 11.4 Å². The van der Waals surface area contributed by atoms with Crippen molar-refractivity contribution < 1.29 is 14.3 Å². The van der Waals surface area contributed by atoms with E-state index in [-0.39, 0.29) is 5.78 Å². The van der Waals surface area contributed by atoms with Crippen LogP contribution in [0.3, 0.4) is 0 Å². The Morgan fingerprint density at radius 1 is 1.00 bits per heavy atom. The van der Waals surface area contributed by atoms with Crippen LogP contribution in [0.15, 0.2) is 54.6 Å². The summed E-state index contributed by atoms with van der Waals surface area (Å²) in [5, 5.41) is 3.66. The highest BCUT2D eigenvalue weighted by Crippen LogP contribution is 2.39.